The lowest BCUT2D eigenvalue weighted by molar-refractivity contribution is 0.601. The zero-order chi connectivity index (χ0) is 17.3. The molecule has 8 heteroatoms. The van der Waals surface area contributed by atoms with Crippen LogP contribution in [0.15, 0.2) is 58.8 Å². The van der Waals surface area contributed by atoms with Gasteiger partial charge in [0, 0.05) is 5.02 Å². The van der Waals surface area contributed by atoms with E-state index >= 15 is 0 Å². The van der Waals surface area contributed by atoms with Gasteiger partial charge < -0.3 is 0 Å². The molecule has 0 fully saturated rings. The van der Waals surface area contributed by atoms with E-state index in [0.29, 0.717) is 5.69 Å². The van der Waals surface area contributed by atoms with Crippen molar-refractivity contribution in [3.63, 3.8) is 0 Å². The number of sulfonamides is 1. The van der Waals surface area contributed by atoms with Crippen LogP contribution in [-0.2, 0) is 10.0 Å². The molecule has 3 rings (SSSR count). The Bertz CT molecular complexity index is 963. The number of halogens is 3. The minimum Gasteiger partial charge on any atom is -0.278 e. The van der Waals surface area contributed by atoms with E-state index in [4.69, 9.17) is 34.8 Å². The summed E-state index contributed by atoms with van der Waals surface area (Å²) in [4.78, 5) is 0.612. The highest BCUT2D eigenvalue weighted by Gasteiger charge is 2.24. The molecule has 1 heterocycles. The van der Waals surface area contributed by atoms with Crippen molar-refractivity contribution in [3.05, 3.63) is 69.0 Å². The largest absolute Gasteiger partial charge is 0.278 e. The fourth-order valence-corrected chi connectivity index (χ4v) is 5.73. The van der Waals surface area contributed by atoms with E-state index in [9.17, 15) is 8.42 Å². The highest BCUT2D eigenvalue weighted by molar-refractivity contribution is 7.93. The number of hydrogen-bond donors (Lipinski definition) is 1. The predicted octanol–water partition coefficient (Wildman–Crippen LogP) is 6.18. The second kappa shape index (κ2) is 6.94. The molecule has 0 bridgehead atoms. The molecule has 0 saturated heterocycles. The highest BCUT2D eigenvalue weighted by Crippen LogP contribution is 2.38. The highest BCUT2D eigenvalue weighted by atomic mass is 35.5. The van der Waals surface area contributed by atoms with Crippen LogP contribution >= 0.6 is 46.1 Å². The number of nitrogens with one attached hydrogen (secondary N) is 1. The Kier molecular flexibility index (Phi) is 5.08. The molecule has 0 aliphatic heterocycles. The molecular formula is C16H10Cl3NO2S2. The van der Waals surface area contributed by atoms with Gasteiger partial charge in [-0.15, -0.1) is 11.3 Å². The van der Waals surface area contributed by atoms with E-state index in [1.54, 1.807) is 6.07 Å². The van der Waals surface area contributed by atoms with Crippen LogP contribution in [0.1, 0.15) is 0 Å². The maximum Gasteiger partial charge on any atom is 0.264 e. The Balaban J connectivity index is 2.02. The van der Waals surface area contributed by atoms with Gasteiger partial charge in [-0.1, -0.05) is 65.1 Å². The van der Waals surface area contributed by atoms with Crippen LogP contribution in [0.2, 0.25) is 15.1 Å². The van der Waals surface area contributed by atoms with Crippen LogP contribution in [0, 0.1) is 0 Å². The normalized spacial score (nSPS) is 11.5. The SMILES string of the molecule is O=S(=O)(Nc1ccsc1-c1ccccc1)c1c(Cl)cc(Cl)cc1Cl. The summed E-state index contributed by atoms with van der Waals surface area (Å²) < 4.78 is 28.0. The molecule has 24 heavy (non-hydrogen) atoms. The maximum atomic E-state index is 12.7. The van der Waals surface area contributed by atoms with E-state index in [1.165, 1.54) is 23.5 Å². The summed E-state index contributed by atoms with van der Waals surface area (Å²) >= 11 is 19.3. The average molecular weight is 419 g/mol. The molecular weight excluding hydrogens is 409 g/mol. The Morgan fingerprint density at radius 2 is 1.54 bits per heavy atom. The molecule has 1 aromatic heterocycles. The third kappa shape index (κ3) is 3.55. The first-order valence-corrected chi connectivity index (χ1v) is 10.2. The van der Waals surface area contributed by atoms with Gasteiger partial charge in [-0.3, -0.25) is 4.72 Å². The topological polar surface area (TPSA) is 46.2 Å². The van der Waals surface area contributed by atoms with Crippen LogP contribution in [0.3, 0.4) is 0 Å². The molecule has 2 aromatic carbocycles. The Hall–Kier alpha value is -1.24. The second-order valence-corrected chi connectivity index (χ2v) is 8.62. The summed E-state index contributed by atoms with van der Waals surface area (Å²) in [5, 5.41) is 2.02. The van der Waals surface area contributed by atoms with Gasteiger partial charge in [0.2, 0.25) is 0 Å². The molecule has 3 aromatic rings. The molecule has 0 aliphatic carbocycles. The lowest BCUT2D eigenvalue weighted by Crippen LogP contribution is -2.14. The summed E-state index contributed by atoms with van der Waals surface area (Å²) in [6.07, 6.45) is 0. The zero-order valence-electron chi connectivity index (χ0n) is 12.0. The molecule has 0 aliphatic rings. The molecule has 0 spiro atoms. The zero-order valence-corrected chi connectivity index (χ0v) is 15.9. The maximum absolute atomic E-state index is 12.7. The van der Waals surface area contributed by atoms with Crippen LogP contribution in [-0.4, -0.2) is 8.42 Å². The summed E-state index contributed by atoms with van der Waals surface area (Å²) in [5.74, 6) is 0. The quantitative estimate of drug-likeness (QED) is 0.550. The van der Waals surface area contributed by atoms with Gasteiger partial charge in [0.05, 0.1) is 20.6 Å². The smallest absolute Gasteiger partial charge is 0.264 e. The Morgan fingerprint density at radius 3 is 2.17 bits per heavy atom. The van der Waals surface area contributed by atoms with E-state index in [-0.39, 0.29) is 20.0 Å². The third-order valence-electron chi connectivity index (χ3n) is 3.18. The van der Waals surface area contributed by atoms with Crippen molar-refractivity contribution < 1.29 is 8.42 Å². The minimum absolute atomic E-state index is 0.0310. The van der Waals surface area contributed by atoms with Crippen molar-refractivity contribution in [2.75, 3.05) is 4.72 Å². The van der Waals surface area contributed by atoms with Crippen molar-refractivity contribution in [2.24, 2.45) is 0 Å². The summed E-state index contributed by atoms with van der Waals surface area (Å²) in [5.41, 5.74) is 1.38. The fourth-order valence-electron chi connectivity index (χ4n) is 2.18. The Morgan fingerprint density at radius 1 is 0.917 bits per heavy atom. The molecule has 1 N–H and O–H groups in total. The number of thiophene rings is 1. The van der Waals surface area contributed by atoms with Gasteiger partial charge in [0.15, 0.2) is 0 Å². The van der Waals surface area contributed by atoms with Crippen LogP contribution in [0.4, 0.5) is 5.69 Å². The number of hydrogen-bond acceptors (Lipinski definition) is 3. The number of benzene rings is 2. The lowest BCUT2D eigenvalue weighted by atomic mass is 10.2. The van der Waals surface area contributed by atoms with Gasteiger partial charge >= 0.3 is 0 Å². The molecule has 0 amide bonds. The van der Waals surface area contributed by atoms with Crippen molar-refractivity contribution in [1.29, 1.82) is 0 Å². The first kappa shape index (κ1) is 17.6. The van der Waals surface area contributed by atoms with E-state index in [2.05, 4.69) is 4.72 Å². The average Bonchev–Trinajstić information content (AvgIpc) is 2.94. The van der Waals surface area contributed by atoms with E-state index < -0.39 is 10.0 Å². The summed E-state index contributed by atoms with van der Waals surface area (Å²) in [7, 11) is -3.96. The molecule has 0 saturated carbocycles. The predicted molar refractivity (Wildman–Crippen MR) is 102 cm³/mol. The Labute approximate surface area is 158 Å². The van der Waals surface area contributed by atoms with Gasteiger partial charge in [-0.05, 0) is 29.1 Å². The van der Waals surface area contributed by atoms with Gasteiger partial charge in [0.1, 0.15) is 4.90 Å². The van der Waals surface area contributed by atoms with Crippen molar-refractivity contribution in [2.45, 2.75) is 4.90 Å². The van der Waals surface area contributed by atoms with Crippen molar-refractivity contribution in [3.8, 4) is 10.4 Å². The first-order valence-electron chi connectivity index (χ1n) is 6.69. The monoisotopic (exact) mass is 417 g/mol. The van der Waals surface area contributed by atoms with Gasteiger partial charge in [0.25, 0.3) is 10.0 Å². The fraction of sp³-hybridized carbons (Fsp3) is 0. The molecule has 124 valence electrons. The minimum atomic E-state index is -3.96. The standard InChI is InChI=1S/C16H10Cl3NO2S2/c17-11-8-12(18)16(13(19)9-11)24(21,22)20-14-6-7-23-15(14)10-4-2-1-3-5-10/h1-9,20H. The van der Waals surface area contributed by atoms with Crippen LogP contribution in [0.5, 0.6) is 0 Å². The molecule has 0 radical (unpaired) electrons. The van der Waals surface area contributed by atoms with E-state index in [0.717, 1.165) is 10.4 Å². The number of rotatable bonds is 4. The number of anilines is 1. The summed E-state index contributed by atoms with van der Waals surface area (Å²) in [6, 6.07) is 13.9. The third-order valence-corrected chi connectivity index (χ3v) is 6.65. The molecule has 0 unspecified atom stereocenters. The van der Waals surface area contributed by atoms with Crippen LogP contribution < -0.4 is 4.72 Å². The van der Waals surface area contributed by atoms with Gasteiger partial charge in [-0.2, -0.15) is 0 Å². The molecule has 0 atom stereocenters. The van der Waals surface area contributed by atoms with Crippen molar-refractivity contribution >= 4 is 61.9 Å². The van der Waals surface area contributed by atoms with Crippen molar-refractivity contribution in [1.82, 2.24) is 0 Å². The summed E-state index contributed by atoms with van der Waals surface area (Å²) in [6.45, 7) is 0. The second-order valence-electron chi connectivity index (χ2n) is 4.83. The lowest BCUT2D eigenvalue weighted by Gasteiger charge is -2.12. The first-order chi connectivity index (χ1) is 11.4. The van der Waals surface area contributed by atoms with Crippen LogP contribution in [0.25, 0.3) is 10.4 Å². The molecule has 3 nitrogen and oxygen atoms in total. The van der Waals surface area contributed by atoms with E-state index in [1.807, 2.05) is 35.7 Å². The van der Waals surface area contributed by atoms with Gasteiger partial charge in [-0.25, -0.2) is 8.42 Å².